The van der Waals surface area contributed by atoms with E-state index in [1.807, 2.05) is 56.7 Å². The molecule has 0 unspecified atom stereocenters. The van der Waals surface area contributed by atoms with Crippen LogP contribution in [0, 0.1) is 0 Å². The highest BCUT2D eigenvalue weighted by Crippen LogP contribution is 2.48. The van der Waals surface area contributed by atoms with Crippen LogP contribution in [0.5, 0.6) is 17.2 Å². The van der Waals surface area contributed by atoms with Crippen molar-refractivity contribution < 1.29 is 23.7 Å². The number of ether oxygens (including phenoxy) is 4. The number of carbonyl (C=O) groups excluding carboxylic acids is 1. The van der Waals surface area contributed by atoms with E-state index in [0.29, 0.717) is 26.4 Å². The monoisotopic (exact) mass is 1210 g/mol. The highest BCUT2D eigenvalue weighted by molar-refractivity contribution is 7.30. The van der Waals surface area contributed by atoms with Gasteiger partial charge < -0.3 is 18.9 Å². The Morgan fingerprint density at radius 3 is 0.926 bits per heavy atom. The van der Waals surface area contributed by atoms with Gasteiger partial charge in [0.05, 0.1) is 26.4 Å². The van der Waals surface area contributed by atoms with Gasteiger partial charge in [0.15, 0.2) is 11.5 Å². The zero-order chi connectivity index (χ0) is 56.5. The maximum absolute atomic E-state index is 11.2. The summed E-state index contributed by atoms with van der Waals surface area (Å²) in [4.78, 5) is 26.6. The predicted octanol–water partition coefficient (Wildman–Crippen LogP) is 25.1. The van der Waals surface area contributed by atoms with Crippen molar-refractivity contribution in [2.75, 3.05) is 26.4 Å². The third-order valence-electron chi connectivity index (χ3n) is 15.1. The Morgan fingerprint density at radius 1 is 0.321 bits per heavy atom. The van der Waals surface area contributed by atoms with Crippen LogP contribution >= 0.6 is 68.0 Å². The molecule has 0 aliphatic heterocycles. The van der Waals surface area contributed by atoms with Crippen molar-refractivity contribution in [2.24, 2.45) is 0 Å². The number of hydrogen-bond donors (Lipinski definition) is 0. The molecule has 6 heterocycles. The molecule has 5 nitrogen and oxygen atoms in total. The minimum absolute atomic E-state index is 0.227. The predicted molar refractivity (Wildman–Crippen MR) is 359 cm³/mol. The Morgan fingerprint density at radius 2 is 0.593 bits per heavy atom. The van der Waals surface area contributed by atoms with Gasteiger partial charge in [-0.05, 0) is 110 Å². The number of esters is 1. The highest BCUT2D eigenvalue weighted by atomic mass is 32.1. The van der Waals surface area contributed by atoms with Gasteiger partial charge in [-0.25, -0.2) is 0 Å². The van der Waals surface area contributed by atoms with Crippen LogP contribution in [0.3, 0.4) is 0 Å². The van der Waals surface area contributed by atoms with Gasteiger partial charge in [0, 0.05) is 71.9 Å². The quantitative estimate of drug-likeness (QED) is 0.0281. The molecule has 1 aromatic carbocycles. The highest BCUT2D eigenvalue weighted by Gasteiger charge is 2.20. The molecular formula is C70H96O5S6. The van der Waals surface area contributed by atoms with Crippen molar-refractivity contribution in [1.82, 2.24) is 0 Å². The number of thiophene rings is 6. The van der Waals surface area contributed by atoms with E-state index in [1.54, 1.807) is 11.3 Å². The molecule has 0 aliphatic carbocycles. The summed E-state index contributed by atoms with van der Waals surface area (Å²) in [6.07, 6.45) is 39.8. The van der Waals surface area contributed by atoms with Gasteiger partial charge in [-0.15, -0.1) is 68.0 Å². The number of rotatable bonds is 45. The maximum Gasteiger partial charge on any atom is 0.302 e. The van der Waals surface area contributed by atoms with Crippen LogP contribution in [-0.2, 0) is 16.0 Å². The lowest BCUT2D eigenvalue weighted by Gasteiger charge is -2.19. The topological polar surface area (TPSA) is 54.0 Å². The SMILES string of the molecule is CCCCCCCCCCCCOc1cc(-c2ccc(-c3ccc(-c4ccc(-c5ccc(-c6ccc(-c7ccc(CCOC(C)=O)s7)s6)s5)s4)s3)s2)cc(OCCCCCCCCCCCC)c1OCCCCCCCCCCCC. The molecule has 442 valence electrons. The smallest absolute Gasteiger partial charge is 0.302 e. The van der Waals surface area contributed by atoms with Gasteiger partial charge >= 0.3 is 5.97 Å². The molecule has 0 saturated carbocycles. The van der Waals surface area contributed by atoms with E-state index >= 15 is 0 Å². The third kappa shape index (κ3) is 23.0. The summed E-state index contributed by atoms with van der Waals surface area (Å²) in [6.45, 7) is 10.8. The van der Waals surface area contributed by atoms with Crippen LogP contribution in [0.15, 0.2) is 84.9 Å². The fraction of sp³-hybridized carbons (Fsp3) is 0.557. The van der Waals surface area contributed by atoms with Gasteiger partial charge in [0.25, 0.3) is 0 Å². The lowest BCUT2D eigenvalue weighted by Crippen LogP contribution is -2.06. The average Bonchev–Trinajstić information content (AvgIpc) is 4.35. The number of hydrogen-bond acceptors (Lipinski definition) is 11. The number of unbranched alkanes of at least 4 members (excludes halogenated alkanes) is 27. The Balaban J connectivity index is 1.01. The molecule has 0 amide bonds. The third-order valence-corrected chi connectivity index (χ3v) is 22.7. The molecule has 0 spiro atoms. The molecule has 81 heavy (non-hydrogen) atoms. The molecule has 7 rings (SSSR count). The fourth-order valence-corrected chi connectivity index (χ4v) is 16.8. The van der Waals surface area contributed by atoms with E-state index in [0.717, 1.165) is 48.5 Å². The first-order valence-electron chi connectivity index (χ1n) is 31.7. The van der Waals surface area contributed by atoms with Gasteiger partial charge in [-0.3, -0.25) is 4.79 Å². The van der Waals surface area contributed by atoms with Crippen LogP contribution in [0.2, 0.25) is 0 Å². The lowest BCUT2D eigenvalue weighted by molar-refractivity contribution is -0.140. The first-order chi connectivity index (χ1) is 39.9. The lowest BCUT2D eigenvalue weighted by atomic mass is 10.1. The van der Waals surface area contributed by atoms with Gasteiger partial charge in [-0.1, -0.05) is 194 Å². The van der Waals surface area contributed by atoms with Crippen molar-refractivity contribution in [3.63, 3.8) is 0 Å². The van der Waals surface area contributed by atoms with Crippen molar-refractivity contribution in [2.45, 2.75) is 227 Å². The minimum Gasteiger partial charge on any atom is -0.490 e. The maximum atomic E-state index is 11.2. The van der Waals surface area contributed by atoms with E-state index in [4.69, 9.17) is 18.9 Å². The minimum atomic E-state index is -0.227. The number of benzene rings is 1. The Hall–Kier alpha value is -3.71. The Labute approximate surface area is 513 Å². The second kappa shape index (κ2) is 38.3. The molecule has 0 aliphatic rings. The summed E-state index contributed by atoms with van der Waals surface area (Å²) in [5.41, 5.74) is 1.14. The largest absolute Gasteiger partial charge is 0.490 e. The second-order valence-electron chi connectivity index (χ2n) is 22.1. The first kappa shape index (κ1) is 64.8. The molecule has 0 fully saturated rings. The second-order valence-corrected chi connectivity index (χ2v) is 28.7. The Kier molecular flexibility index (Phi) is 30.6. The van der Waals surface area contributed by atoms with E-state index < -0.39 is 0 Å². The molecule has 7 aromatic rings. The molecule has 11 heteroatoms. The average molecular weight is 1210 g/mol. The van der Waals surface area contributed by atoms with Crippen molar-refractivity contribution in [1.29, 1.82) is 0 Å². The molecule has 0 bridgehead atoms. The molecule has 0 N–H and O–H groups in total. The summed E-state index contributed by atoms with van der Waals surface area (Å²) in [5, 5.41) is 0. The van der Waals surface area contributed by atoms with E-state index in [2.05, 4.69) is 106 Å². The zero-order valence-corrected chi connectivity index (χ0v) is 54.7. The zero-order valence-electron chi connectivity index (χ0n) is 49.8. The summed E-state index contributed by atoms with van der Waals surface area (Å²) in [5.74, 6) is 2.23. The molecule has 6 aromatic heterocycles. The summed E-state index contributed by atoms with van der Waals surface area (Å²) in [7, 11) is 0. The van der Waals surface area contributed by atoms with Crippen LogP contribution in [0.4, 0.5) is 0 Å². The van der Waals surface area contributed by atoms with Crippen molar-refractivity contribution in [3.8, 4) is 76.5 Å². The van der Waals surface area contributed by atoms with Crippen molar-refractivity contribution in [3.05, 3.63) is 89.8 Å². The molecule has 0 saturated heterocycles. The van der Waals surface area contributed by atoms with Crippen LogP contribution < -0.4 is 14.2 Å². The van der Waals surface area contributed by atoms with E-state index in [-0.39, 0.29) is 5.97 Å². The van der Waals surface area contributed by atoms with Gasteiger partial charge in [-0.2, -0.15) is 0 Å². The summed E-state index contributed by atoms with van der Waals surface area (Å²) in [6, 6.07) is 31.6. The van der Waals surface area contributed by atoms with Gasteiger partial charge in [0.1, 0.15) is 0 Å². The summed E-state index contributed by atoms with van der Waals surface area (Å²) >= 11 is 11.1. The normalized spacial score (nSPS) is 11.5. The molecular weight excluding hydrogens is 1110 g/mol. The fourth-order valence-electron chi connectivity index (χ4n) is 10.4. The van der Waals surface area contributed by atoms with E-state index in [1.165, 1.54) is 239 Å². The van der Waals surface area contributed by atoms with Crippen LogP contribution in [-0.4, -0.2) is 32.4 Å². The van der Waals surface area contributed by atoms with Crippen molar-refractivity contribution >= 4 is 74.0 Å². The van der Waals surface area contributed by atoms with E-state index in [9.17, 15) is 4.79 Å². The Bertz CT molecular complexity index is 2730. The van der Waals surface area contributed by atoms with Crippen LogP contribution in [0.25, 0.3) is 59.2 Å². The standard InChI is InChI=1S/C70H96O5S6/c1-5-8-11-14-17-20-23-26-29-32-48-73-57-52-55(53-58(74-49-33-30-27-24-21-18-15-12-9-6-2)70(57)75-50-34-31-28-25-22-19-16-13-10-7-3)59-37-38-62(77-59)63-41-42-66(79-63)67-45-46-69(81-67)68-44-43-65(80-68)64-40-39-61(78-64)60-36-35-56(76-60)47-51-72-54(4)71/h35-46,52-53H,5-34,47-51H2,1-4H3. The van der Waals surface area contributed by atoms with Gasteiger partial charge in [0.2, 0.25) is 5.75 Å². The molecule has 0 radical (unpaired) electrons. The first-order valence-corrected chi connectivity index (χ1v) is 36.6. The number of carbonyl (C=O) groups is 1. The summed E-state index contributed by atoms with van der Waals surface area (Å²) < 4.78 is 25.5. The molecule has 0 atom stereocenters. The van der Waals surface area contributed by atoms with Crippen LogP contribution in [0.1, 0.15) is 225 Å².